The minimum absolute atomic E-state index is 0.0793. The topological polar surface area (TPSA) is 20.2 Å². The summed E-state index contributed by atoms with van der Waals surface area (Å²) >= 11 is 0. The van der Waals surface area contributed by atoms with Crippen LogP contribution in [0.25, 0.3) is 0 Å². The molecule has 5 saturated carbocycles. The summed E-state index contributed by atoms with van der Waals surface area (Å²) in [4.78, 5) is 0. The molecular formula is C30H52O. The zero-order chi connectivity index (χ0) is 22.4. The summed E-state index contributed by atoms with van der Waals surface area (Å²) in [5.41, 5.74) is 2.45. The SMILES string of the molecule is CC(C)CCC[C@@H](C)C1CC[C@@]2(C)C3CCC4C(C)(C)[C@@H](O)CC[C@@]45C[C@@]35CC[C@]12C. The number of fused-ring (bicyclic) bond motifs is 2. The van der Waals surface area contributed by atoms with Gasteiger partial charge < -0.3 is 5.11 Å². The lowest BCUT2D eigenvalue weighted by Crippen LogP contribution is -2.57. The fraction of sp³-hybridized carbons (Fsp3) is 1.00. The van der Waals surface area contributed by atoms with Gasteiger partial charge in [0, 0.05) is 0 Å². The number of hydrogen-bond acceptors (Lipinski definition) is 1. The zero-order valence-electron chi connectivity index (χ0n) is 21.9. The van der Waals surface area contributed by atoms with Gasteiger partial charge in [-0.25, -0.2) is 0 Å². The normalized spacial score (nSPS) is 53.3. The summed E-state index contributed by atoms with van der Waals surface area (Å²) in [7, 11) is 0. The molecule has 0 amide bonds. The summed E-state index contributed by atoms with van der Waals surface area (Å²) in [5.74, 6) is 4.41. The predicted octanol–water partition coefficient (Wildman–Crippen LogP) is 8.25. The van der Waals surface area contributed by atoms with E-state index in [9.17, 15) is 5.11 Å². The lowest BCUT2D eigenvalue weighted by atomic mass is 9.41. The highest BCUT2D eigenvalue weighted by atomic mass is 16.3. The molecule has 0 bridgehead atoms. The van der Waals surface area contributed by atoms with Crippen LogP contribution in [0.5, 0.6) is 0 Å². The van der Waals surface area contributed by atoms with Crippen LogP contribution >= 0.6 is 0 Å². The lowest BCUT2D eigenvalue weighted by molar-refractivity contribution is -0.161. The fourth-order valence-electron chi connectivity index (χ4n) is 11.3. The maximum Gasteiger partial charge on any atom is 0.0594 e. The van der Waals surface area contributed by atoms with Gasteiger partial charge in [-0.1, -0.05) is 67.7 Å². The van der Waals surface area contributed by atoms with Gasteiger partial charge in [0.25, 0.3) is 0 Å². The van der Waals surface area contributed by atoms with E-state index in [2.05, 4.69) is 48.5 Å². The molecule has 2 spiro atoms. The molecule has 0 saturated heterocycles. The van der Waals surface area contributed by atoms with Crippen LogP contribution in [-0.4, -0.2) is 11.2 Å². The standard InChI is InChI=1S/C30H52O/c1-20(2)9-8-10-21(3)22-13-15-28(7)24-12-11-23-26(4,5)25(31)14-16-29(23)19-30(24,29)18-17-27(22,28)6/h20-25,31H,8-19H2,1-7H3/t21-,22?,23?,24?,25+,27-,28+,29-,30+/m1/s1. The Morgan fingerprint density at radius 1 is 0.742 bits per heavy atom. The first-order chi connectivity index (χ1) is 14.4. The van der Waals surface area contributed by atoms with Crippen molar-refractivity contribution in [2.24, 2.45) is 56.7 Å². The van der Waals surface area contributed by atoms with E-state index in [1.807, 2.05) is 0 Å². The Balaban J connectivity index is 1.39. The van der Waals surface area contributed by atoms with Gasteiger partial charge in [-0.2, -0.15) is 0 Å². The van der Waals surface area contributed by atoms with Gasteiger partial charge in [-0.05, 0) is 114 Å². The fourth-order valence-corrected chi connectivity index (χ4v) is 11.3. The molecule has 0 aromatic carbocycles. The molecule has 5 fully saturated rings. The summed E-state index contributed by atoms with van der Waals surface area (Å²) in [5, 5.41) is 10.8. The zero-order valence-corrected chi connectivity index (χ0v) is 21.9. The van der Waals surface area contributed by atoms with E-state index in [1.165, 1.54) is 70.6 Å². The molecule has 1 N–H and O–H groups in total. The van der Waals surface area contributed by atoms with Gasteiger partial charge in [-0.3, -0.25) is 0 Å². The molecule has 1 heteroatoms. The van der Waals surface area contributed by atoms with E-state index in [-0.39, 0.29) is 11.5 Å². The Kier molecular flexibility index (Phi) is 5.13. The summed E-state index contributed by atoms with van der Waals surface area (Å²) in [6.45, 7) is 17.7. The van der Waals surface area contributed by atoms with Crippen LogP contribution in [-0.2, 0) is 0 Å². The van der Waals surface area contributed by atoms with E-state index >= 15 is 0 Å². The van der Waals surface area contributed by atoms with Crippen molar-refractivity contribution in [1.82, 2.24) is 0 Å². The minimum Gasteiger partial charge on any atom is -0.393 e. The molecule has 31 heavy (non-hydrogen) atoms. The number of aliphatic hydroxyl groups excluding tert-OH is 1. The van der Waals surface area contributed by atoms with Gasteiger partial charge in [0.15, 0.2) is 0 Å². The first kappa shape index (κ1) is 22.7. The Morgan fingerprint density at radius 2 is 1.42 bits per heavy atom. The van der Waals surface area contributed by atoms with Crippen LogP contribution in [0.1, 0.15) is 126 Å². The Labute approximate surface area is 193 Å². The minimum atomic E-state index is -0.0793. The van der Waals surface area contributed by atoms with Gasteiger partial charge in [-0.15, -0.1) is 0 Å². The molecule has 0 radical (unpaired) electrons. The molecule has 0 heterocycles. The van der Waals surface area contributed by atoms with Crippen molar-refractivity contribution in [2.45, 2.75) is 132 Å². The van der Waals surface area contributed by atoms with Crippen molar-refractivity contribution < 1.29 is 5.11 Å². The van der Waals surface area contributed by atoms with Crippen molar-refractivity contribution in [3.63, 3.8) is 0 Å². The third kappa shape index (κ3) is 2.77. The van der Waals surface area contributed by atoms with Crippen LogP contribution in [0.15, 0.2) is 0 Å². The van der Waals surface area contributed by atoms with E-state index < -0.39 is 0 Å². The highest BCUT2D eigenvalue weighted by Crippen LogP contribution is 2.89. The van der Waals surface area contributed by atoms with Crippen molar-refractivity contribution in [2.75, 3.05) is 0 Å². The van der Waals surface area contributed by atoms with Gasteiger partial charge in [0.1, 0.15) is 0 Å². The average Bonchev–Trinajstić information content (AvgIpc) is 3.27. The number of rotatable bonds is 5. The molecule has 1 nitrogen and oxygen atoms in total. The maximum atomic E-state index is 10.8. The van der Waals surface area contributed by atoms with Gasteiger partial charge in [0.05, 0.1) is 6.10 Å². The highest BCUT2D eigenvalue weighted by molar-refractivity contribution is 5.30. The lowest BCUT2D eigenvalue weighted by Gasteiger charge is -2.63. The molecule has 5 aliphatic carbocycles. The largest absolute Gasteiger partial charge is 0.393 e. The number of aliphatic hydroxyl groups is 1. The van der Waals surface area contributed by atoms with E-state index in [1.54, 1.807) is 0 Å². The average molecular weight is 429 g/mol. The molecule has 178 valence electrons. The smallest absolute Gasteiger partial charge is 0.0594 e. The molecule has 5 rings (SSSR count). The second-order valence-electron chi connectivity index (χ2n) is 14.8. The van der Waals surface area contributed by atoms with Crippen molar-refractivity contribution in [3.8, 4) is 0 Å². The monoisotopic (exact) mass is 428 g/mol. The molecule has 0 aliphatic heterocycles. The summed E-state index contributed by atoms with van der Waals surface area (Å²) < 4.78 is 0. The quantitative estimate of drug-likeness (QED) is 0.467. The number of hydrogen-bond donors (Lipinski definition) is 1. The van der Waals surface area contributed by atoms with E-state index in [0.29, 0.717) is 21.7 Å². The second-order valence-corrected chi connectivity index (χ2v) is 14.8. The van der Waals surface area contributed by atoms with Gasteiger partial charge >= 0.3 is 0 Å². The Bertz CT molecular complexity index is 709. The molecule has 0 aromatic heterocycles. The van der Waals surface area contributed by atoms with Crippen molar-refractivity contribution >= 4 is 0 Å². The first-order valence-electron chi connectivity index (χ1n) is 14.1. The van der Waals surface area contributed by atoms with E-state index in [4.69, 9.17) is 0 Å². The van der Waals surface area contributed by atoms with E-state index in [0.717, 1.165) is 36.0 Å². The molecule has 3 unspecified atom stereocenters. The third-order valence-electron chi connectivity index (χ3n) is 13.3. The summed E-state index contributed by atoms with van der Waals surface area (Å²) in [6.07, 6.45) is 16.9. The molecule has 5 aliphatic rings. The van der Waals surface area contributed by atoms with Gasteiger partial charge in [0.2, 0.25) is 0 Å². The van der Waals surface area contributed by atoms with Crippen LogP contribution in [0, 0.1) is 56.7 Å². The van der Waals surface area contributed by atoms with Crippen LogP contribution in [0.4, 0.5) is 0 Å². The molecular weight excluding hydrogens is 376 g/mol. The Morgan fingerprint density at radius 3 is 2.13 bits per heavy atom. The maximum absolute atomic E-state index is 10.8. The van der Waals surface area contributed by atoms with Crippen molar-refractivity contribution in [3.05, 3.63) is 0 Å². The Hall–Kier alpha value is -0.0400. The molecule has 9 atom stereocenters. The predicted molar refractivity (Wildman–Crippen MR) is 131 cm³/mol. The van der Waals surface area contributed by atoms with Crippen molar-refractivity contribution in [1.29, 1.82) is 0 Å². The third-order valence-corrected chi connectivity index (χ3v) is 13.3. The van der Waals surface area contributed by atoms with Crippen LogP contribution < -0.4 is 0 Å². The van der Waals surface area contributed by atoms with Crippen LogP contribution in [0.3, 0.4) is 0 Å². The summed E-state index contributed by atoms with van der Waals surface area (Å²) in [6, 6.07) is 0. The van der Waals surface area contributed by atoms with Crippen LogP contribution in [0.2, 0.25) is 0 Å². The first-order valence-corrected chi connectivity index (χ1v) is 14.1. The molecule has 0 aromatic rings. The highest BCUT2D eigenvalue weighted by Gasteiger charge is 2.82. The second kappa shape index (κ2) is 6.99.